The molecule has 0 radical (unpaired) electrons. The van der Waals surface area contributed by atoms with Crippen LogP contribution < -0.4 is 5.32 Å². The number of amides is 1. The highest BCUT2D eigenvalue weighted by atomic mass is 32.2. The molecule has 0 bridgehead atoms. The molecule has 7 heteroatoms. The molecule has 128 valence electrons. The van der Waals surface area contributed by atoms with Crippen molar-refractivity contribution in [2.45, 2.75) is 38.0 Å². The number of rotatable bonds is 5. The van der Waals surface area contributed by atoms with E-state index in [4.69, 9.17) is 4.52 Å². The van der Waals surface area contributed by atoms with Gasteiger partial charge >= 0.3 is 0 Å². The molecule has 1 aromatic heterocycles. The Morgan fingerprint density at radius 1 is 1.38 bits per heavy atom. The Labute approximate surface area is 141 Å². The third-order valence-corrected chi connectivity index (χ3v) is 5.52. The van der Waals surface area contributed by atoms with Gasteiger partial charge in [0.15, 0.2) is 15.6 Å². The molecule has 1 aliphatic rings. The lowest BCUT2D eigenvalue weighted by Crippen LogP contribution is -2.35. The number of hydrogen-bond acceptors (Lipinski definition) is 5. The molecule has 2 aromatic rings. The standard InChI is InChI=1S/C17H20N2O4S/c1-12-9-14(23-19-12)10-24(21,22)11-17(20)18-16-8-4-6-13-5-2-3-7-15(13)16/h2-3,5,7,9,16H,4,6,8,10-11H2,1H3,(H,18,20)/t16-/m0/s1. The van der Waals surface area contributed by atoms with E-state index in [0.29, 0.717) is 5.69 Å². The molecule has 3 rings (SSSR count). The zero-order valence-corrected chi connectivity index (χ0v) is 14.3. The number of carbonyl (C=O) groups excluding carboxylic acids is 1. The maximum atomic E-state index is 12.2. The molecule has 1 N–H and O–H groups in total. The van der Waals surface area contributed by atoms with Crippen molar-refractivity contribution in [3.8, 4) is 0 Å². The fourth-order valence-corrected chi connectivity index (χ4v) is 4.25. The van der Waals surface area contributed by atoms with E-state index < -0.39 is 21.5 Å². The first-order valence-corrected chi connectivity index (χ1v) is 9.75. The average Bonchev–Trinajstić information content (AvgIpc) is 2.91. The van der Waals surface area contributed by atoms with E-state index in [1.165, 1.54) is 5.56 Å². The first-order chi connectivity index (χ1) is 11.4. The molecule has 0 saturated carbocycles. The lowest BCUT2D eigenvalue weighted by molar-refractivity contribution is -0.119. The van der Waals surface area contributed by atoms with Gasteiger partial charge < -0.3 is 9.84 Å². The number of fused-ring (bicyclic) bond motifs is 1. The number of nitrogens with zero attached hydrogens (tertiary/aromatic N) is 1. The van der Waals surface area contributed by atoms with Crippen LogP contribution in [0.5, 0.6) is 0 Å². The maximum Gasteiger partial charge on any atom is 0.235 e. The van der Waals surface area contributed by atoms with Gasteiger partial charge in [-0.1, -0.05) is 29.4 Å². The number of aromatic nitrogens is 1. The van der Waals surface area contributed by atoms with Gasteiger partial charge in [-0.05, 0) is 37.3 Å². The Balaban J connectivity index is 1.63. The van der Waals surface area contributed by atoms with E-state index in [-0.39, 0.29) is 17.6 Å². The predicted molar refractivity (Wildman–Crippen MR) is 89.0 cm³/mol. The fourth-order valence-electron chi connectivity index (χ4n) is 3.09. The van der Waals surface area contributed by atoms with E-state index in [1.807, 2.05) is 18.2 Å². The van der Waals surface area contributed by atoms with Gasteiger partial charge in [-0.25, -0.2) is 8.42 Å². The van der Waals surface area contributed by atoms with Crippen LogP contribution in [0.2, 0.25) is 0 Å². The Morgan fingerprint density at radius 3 is 2.92 bits per heavy atom. The fraction of sp³-hybridized carbons (Fsp3) is 0.412. The van der Waals surface area contributed by atoms with Gasteiger partial charge in [0.2, 0.25) is 5.91 Å². The van der Waals surface area contributed by atoms with Crippen LogP contribution in [0.25, 0.3) is 0 Å². The summed E-state index contributed by atoms with van der Waals surface area (Å²) in [7, 11) is -3.59. The van der Waals surface area contributed by atoms with Gasteiger partial charge in [-0.15, -0.1) is 0 Å². The van der Waals surface area contributed by atoms with E-state index in [2.05, 4.69) is 16.5 Å². The summed E-state index contributed by atoms with van der Waals surface area (Å²) >= 11 is 0. The van der Waals surface area contributed by atoms with Crippen molar-refractivity contribution in [2.75, 3.05) is 5.75 Å². The molecular weight excluding hydrogens is 328 g/mol. The van der Waals surface area contributed by atoms with Gasteiger partial charge in [-0.3, -0.25) is 4.79 Å². The van der Waals surface area contributed by atoms with Crippen LogP contribution in [-0.4, -0.2) is 25.2 Å². The highest BCUT2D eigenvalue weighted by Gasteiger charge is 2.25. The predicted octanol–water partition coefficient (Wildman–Crippen LogP) is 2.09. The summed E-state index contributed by atoms with van der Waals surface area (Å²) < 4.78 is 29.2. The molecule has 1 aliphatic carbocycles. The summed E-state index contributed by atoms with van der Waals surface area (Å²) in [5.74, 6) is -1.09. The van der Waals surface area contributed by atoms with E-state index >= 15 is 0 Å². The Bertz CT molecular complexity index is 842. The van der Waals surface area contributed by atoms with Gasteiger partial charge in [0.25, 0.3) is 0 Å². The minimum atomic E-state index is -3.59. The minimum Gasteiger partial charge on any atom is -0.360 e. The first-order valence-electron chi connectivity index (χ1n) is 7.93. The van der Waals surface area contributed by atoms with Crippen LogP contribution in [-0.2, 0) is 26.8 Å². The molecule has 24 heavy (non-hydrogen) atoms. The summed E-state index contributed by atoms with van der Waals surface area (Å²) in [6.45, 7) is 1.72. The second-order valence-electron chi connectivity index (χ2n) is 6.18. The molecule has 1 amide bonds. The molecule has 1 atom stereocenters. The SMILES string of the molecule is Cc1cc(CS(=O)(=O)CC(=O)N[C@H]2CCCc3ccccc32)on1. The molecule has 0 spiro atoms. The smallest absolute Gasteiger partial charge is 0.235 e. The molecule has 0 fully saturated rings. The van der Waals surface area contributed by atoms with Crippen molar-refractivity contribution < 1.29 is 17.7 Å². The quantitative estimate of drug-likeness (QED) is 0.894. The maximum absolute atomic E-state index is 12.2. The second kappa shape index (κ2) is 6.76. The van der Waals surface area contributed by atoms with E-state index in [0.717, 1.165) is 24.8 Å². The highest BCUT2D eigenvalue weighted by molar-refractivity contribution is 7.91. The summed E-state index contributed by atoms with van der Waals surface area (Å²) in [6.07, 6.45) is 2.79. The second-order valence-corrected chi connectivity index (χ2v) is 8.24. The number of carbonyl (C=O) groups is 1. The summed E-state index contributed by atoms with van der Waals surface area (Å²) in [5.41, 5.74) is 2.91. The first kappa shape index (κ1) is 16.7. The van der Waals surface area contributed by atoms with Gasteiger partial charge in [0.1, 0.15) is 11.5 Å². The van der Waals surface area contributed by atoms with Crippen molar-refractivity contribution in [3.05, 3.63) is 52.9 Å². The molecule has 0 aliphatic heterocycles. The highest BCUT2D eigenvalue weighted by Crippen LogP contribution is 2.29. The van der Waals surface area contributed by atoms with Crippen molar-refractivity contribution >= 4 is 15.7 Å². The van der Waals surface area contributed by atoms with E-state index in [1.54, 1.807) is 13.0 Å². The molecule has 1 heterocycles. The molecule has 0 saturated heterocycles. The van der Waals surface area contributed by atoms with Crippen LogP contribution in [0.3, 0.4) is 0 Å². The number of hydrogen-bond donors (Lipinski definition) is 1. The van der Waals surface area contributed by atoms with Gasteiger partial charge in [-0.2, -0.15) is 0 Å². The Kier molecular flexibility index (Phi) is 4.71. The van der Waals surface area contributed by atoms with Crippen molar-refractivity contribution in [3.63, 3.8) is 0 Å². The van der Waals surface area contributed by atoms with E-state index in [9.17, 15) is 13.2 Å². The third-order valence-electron chi connectivity index (χ3n) is 4.09. The average molecular weight is 348 g/mol. The topological polar surface area (TPSA) is 89.3 Å². The third kappa shape index (κ3) is 4.03. The Morgan fingerprint density at radius 2 is 2.17 bits per heavy atom. The van der Waals surface area contributed by atoms with Crippen LogP contribution >= 0.6 is 0 Å². The van der Waals surface area contributed by atoms with Crippen LogP contribution in [0.15, 0.2) is 34.9 Å². The normalized spacial score (nSPS) is 17.3. The number of sulfone groups is 1. The summed E-state index contributed by atoms with van der Waals surface area (Å²) in [6, 6.07) is 9.40. The summed E-state index contributed by atoms with van der Waals surface area (Å²) in [5, 5.41) is 6.52. The Hall–Kier alpha value is -2.15. The largest absolute Gasteiger partial charge is 0.360 e. The zero-order chi connectivity index (χ0) is 17.2. The molecule has 1 aromatic carbocycles. The van der Waals surface area contributed by atoms with Crippen LogP contribution in [0.1, 0.15) is 41.5 Å². The number of nitrogens with one attached hydrogen (secondary N) is 1. The number of aryl methyl sites for hydroxylation is 2. The van der Waals surface area contributed by atoms with Crippen molar-refractivity contribution in [2.24, 2.45) is 0 Å². The van der Waals surface area contributed by atoms with Gasteiger partial charge in [0, 0.05) is 6.07 Å². The molecule has 0 unspecified atom stereocenters. The van der Waals surface area contributed by atoms with Crippen molar-refractivity contribution in [1.29, 1.82) is 0 Å². The van der Waals surface area contributed by atoms with Crippen LogP contribution in [0.4, 0.5) is 0 Å². The van der Waals surface area contributed by atoms with Crippen molar-refractivity contribution in [1.82, 2.24) is 10.5 Å². The molecular formula is C17H20N2O4S. The van der Waals surface area contributed by atoms with Crippen LogP contribution in [0, 0.1) is 6.92 Å². The monoisotopic (exact) mass is 348 g/mol. The van der Waals surface area contributed by atoms with Gasteiger partial charge in [0.05, 0.1) is 11.7 Å². The lowest BCUT2D eigenvalue weighted by Gasteiger charge is -2.26. The minimum absolute atomic E-state index is 0.120. The molecule has 6 nitrogen and oxygen atoms in total. The zero-order valence-electron chi connectivity index (χ0n) is 13.5. The lowest BCUT2D eigenvalue weighted by atomic mass is 9.88. The summed E-state index contributed by atoms with van der Waals surface area (Å²) in [4.78, 5) is 12.2. The number of benzene rings is 1.